The standard InChI is InChI=1S/C12H10ClFO2/c13-10-6-8(3-4-11(10)14)12(15)9-2-1-5-16-7-9/h3-4,6-7H,1-2,5H2. The maximum atomic E-state index is 12.9. The molecule has 0 spiro atoms. The average Bonchev–Trinajstić information content (AvgIpc) is 2.33. The zero-order chi connectivity index (χ0) is 11.5. The summed E-state index contributed by atoms with van der Waals surface area (Å²) in [5.74, 6) is -0.673. The van der Waals surface area contributed by atoms with Crippen LogP contribution in [0.25, 0.3) is 0 Å². The third-order valence-corrected chi connectivity index (χ3v) is 2.70. The minimum Gasteiger partial charge on any atom is -0.501 e. The first-order valence-electron chi connectivity index (χ1n) is 4.99. The lowest BCUT2D eigenvalue weighted by molar-refractivity contribution is 0.101. The fraction of sp³-hybridized carbons (Fsp3) is 0.250. The second-order valence-electron chi connectivity index (χ2n) is 3.58. The molecule has 0 amide bonds. The van der Waals surface area contributed by atoms with Crippen LogP contribution in [0.3, 0.4) is 0 Å². The van der Waals surface area contributed by atoms with Crippen molar-refractivity contribution >= 4 is 17.4 Å². The quantitative estimate of drug-likeness (QED) is 0.741. The second kappa shape index (κ2) is 4.66. The molecule has 2 rings (SSSR count). The molecule has 2 nitrogen and oxygen atoms in total. The molecule has 0 atom stereocenters. The van der Waals surface area contributed by atoms with Gasteiger partial charge in [-0.1, -0.05) is 11.6 Å². The van der Waals surface area contributed by atoms with Crippen molar-refractivity contribution in [2.24, 2.45) is 0 Å². The van der Waals surface area contributed by atoms with Gasteiger partial charge < -0.3 is 4.74 Å². The second-order valence-corrected chi connectivity index (χ2v) is 3.98. The van der Waals surface area contributed by atoms with Crippen LogP contribution >= 0.6 is 11.6 Å². The van der Waals surface area contributed by atoms with Gasteiger partial charge in [-0.3, -0.25) is 4.79 Å². The molecule has 0 aliphatic carbocycles. The molecule has 1 aromatic carbocycles. The van der Waals surface area contributed by atoms with E-state index in [9.17, 15) is 9.18 Å². The number of carbonyl (C=O) groups is 1. The molecule has 0 N–H and O–H groups in total. The van der Waals surface area contributed by atoms with Crippen molar-refractivity contribution in [2.45, 2.75) is 12.8 Å². The number of rotatable bonds is 2. The number of Topliss-reactive ketones (excluding diaryl/α,β-unsaturated/α-hetero) is 1. The van der Waals surface area contributed by atoms with E-state index in [-0.39, 0.29) is 10.8 Å². The Morgan fingerprint density at radius 1 is 1.44 bits per heavy atom. The van der Waals surface area contributed by atoms with Crippen LogP contribution in [0, 0.1) is 5.82 Å². The van der Waals surface area contributed by atoms with Crippen molar-refractivity contribution in [1.29, 1.82) is 0 Å². The van der Waals surface area contributed by atoms with E-state index in [0.717, 1.165) is 6.42 Å². The maximum Gasteiger partial charge on any atom is 0.192 e. The van der Waals surface area contributed by atoms with Crippen LogP contribution < -0.4 is 0 Å². The molecular formula is C12H10ClFO2. The monoisotopic (exact) mass is 240 g/mol. The highest BCUT2D eigenvalue weighted by molar-refractivity contribution is 6.31. The number of ketones is 1. The van der Waals surface area contributed by atoms with Gasteiger partial charge in [0.15, 0.2) is 5.78 Å². The SMILES string of the molecule is O=C(C1=COCCC1)c1ccc(F)c(Cl)c1. The predicted molar refractivity (Wildman–Crippen MR) is 59.0 cm³/mol. The zero-order valence-corrected chi connectivity index (χ0v) is 9.26. The highest BCUT2D eigenvalue weighted by atomic mass is 35.5. The largest absolute Gasteiger partial charge is 0.501 e. The summed E-state index contributed by atoms with van der Waals surface area (Å²) in [7, 11) is 0. The Bertz CT molecular complexity index is 454. The maximum absolute atomic E-state index is 12.9. The van der Waals surface area contributed by atoms with Crippen molar-refractivity contribution in [3.63, 3.8) is 0 Å². The molecule has 1 aromatic rings. The van der Waals surface area contributed by atoms with Crippen LogP contribution in [0.2, 0.25) is 5.02 Å². The summed E-state index contributed by atoms with van der Waals surface area (Å²) in [5.41, 5.74) is 0.997. The van der Waals surface area contributed by atoms with Crippen molar-refractivity contribution in [1.82, 2.24) is 0 Å². The van der Waals surface area contributed by atoms with E-state index in [0.29, 0.717) is 24.2 Å². The summed E-state index contributed by atoms with van der Waals surface area (Å²) in [5, 5.41) is -0.0387. The predicted octanol–water partition coefficient (Wildman–Crippen LogP) is 3.36. The molecule has 1 heterocycles. The Balaban J connectivity index is 2.26. The first-order chi connectivity index (χ1) is 7.68. The Hall–Kier alpha value is -1.35. The molecule has 0 bridgehead atoms. The van der Waals surface area contributed by atoms with Gasteiger partial charge in [-0.25, -0.2) is 4.39 Å². The number of ether oxygens (including phenoxy) is 1. The van der Waals surface area contributed by atoms with Crippen LogP contribution in [-0.2, 0) is 4.74 Å². The number of allylic oxidation sites excluding steroid dienone is 1. The van der Waals surface area contributed by atoms with Gasteiger partial charge in [-0.2, -0.15) is 0 Å². The zero-order valence-electron chi connectivity index (χ0n) is 8.50. The molecule has 0 radical (unpaired) electrons. The third-order valence-electron chi connectivity index (χ3n) is 2.41. The van der Waals surface area contributed by atoms with Gasteiger partial charge in [-0.05, 0) is 31.0 Å². The van der Waals surface area contributed by atoms with Crippen molar-refractivity contribution in [3.05, 3.63) is 46.4 Å². The lowest BCUT2D eigenvalue weighted by Gasteiger charge is -2.12. The van der Waals surface area contributed by atoms with Crippen LogP contribution in [0.15, 0.2) is 30.0 Å². The number of hydrogen-bond donors (Lipinski definition) is 0. The van der Waals surface area contributed by atoms with Crippen LogP contribution in [0.5, 0.6) is 0 Å². The molecule has 16 heavy (non-hydrogen) atoms. The van der Waals surface area contributed by atoms with Gasteiger partial charge in [0, 0.05) is 11.1 Å². The van der Waals surface area contributed by atoms with E-state index in [1.54, 1.807) is 0 Å². The van der Waals surface area contributed by atoms with Crippen molar-refractivity contribution in [2.75, 3.05) is 6.61 Å². The minimum absolute atomic E-state index is 0.0387. The Morgan fingerprint density at radius 2 is 2.25 bits per heavy atom. The van der Waals surface area contributed by atoms with Crippen LogP contribution in [0.4, 0.5) is 4.39 Å². The molecule has 0 saturated heterocycles. The lowest BCUT2D eigenvalue weighted by Crippen LogP contribution is -2.09. The van der Waals surface area contributed by atoms with Gasteiger partial charge in [0.25, 0.3) is 0 Å². The molecular weight excluding hydrogens is 231 g/mol. The highest BCUT2D eigenvalue weighted by Crippen LogP contribution is 2.21. The van der Waals surface area contributed by atoms with E-state index in [4.69, 9.17) is 16.3 Å². The molecule has 0 saturated carbocycles. The van der Waals surface area contributed by atoms with E-state index >= 15 is 0 Å². The minimum atomic E-state index is -0.521. The van der Waals surface area contributed by atoms with E-state index in [1.807, 2.05) is 0 Å². The van der Waals surface area contributed by atoms with E-state index < -0.39 is 5.82 Å². The van der Waals surface area contributed by atoms with E-state index in [2.05, 4.69) is 0 Å². The average molecular weight is 241 g/mol. The smallest absolute Gasteiger partial charge is 0.192 e. The fourth-order valence-corrected chi connectivity index (χ4v) is 1.73. The molecule has 84 valence electrons. The first kappa shape index (κ1) is 11.1. The van der Waals surface area contributed by atoms with Crippen molar-refractivity contribution in [3.8, 4) is 0 Å². The normalized spacial score (nSPS) is 15.2. The van der Waals surface area contributed by atoms with E-state index in [1.165, 1.54) is 24.5 Å². The molecule has 0 unspecified atom stereocenters. The van der Waals surface area contributed by atoms with Gasteiger partial charge in [0.2, 0.25) is 0 Å². The number of hydrogen-bond acceptors (Lipinski definition) is 2. The highest BCUT2D eigenvalue weighted by Gasteiger charge is 2.16. The Morgan fingerprint density at radius 3 is 2.88 bits per heavy atom. The summed E-state index contributed by atoms with van der Waals surface area (Å²) < 4.78 is 18.0. The lowest BCUT2D eigenvalue weighted by atomic mass is 10.00. The van der Waals surface area contributed by atoms with Crippen LogP contribution in [-0.4, -0.2) is 12.4 Å². The first-order valence-corrected chi connectivity index (χ1v) is 5.36. The summed E-state index contributed by atoms with van der Waals surface area (Å²) in [4.78, 5) is 11.9. The van der Waals surface area contributed by atoms with Gasteiger partial charge in [0.05, 0.1) is 17.9 Å². The summed E-state index contributed by atoms with van der Waals surface area (Å²) in [6.45, 7) is 0.640. The Labute approximate surface area is 97.7 Å². The molecule has 1 aliphatic rings. The van der Waals surface area contributed by atoms with Gasteiger partial charge >= 0.3 is 0 Å². The number of benzene rings is 1. The summed E-state index contributed by atoms with van der Waals surface area (Å²) >= 11 is 5.62. The molecule has 4 heteroatoms. The molecule has 0 aromatic heterocycles. The Kier molecular flexibility index (Phi) is 3.25. The molecule has 1 aliphatic heterocycles. The van der Waals surface area contributed by atoms with Crippen LogP contribution in [0.1, 0.15) is 23.2 Å². The summed E-state index contributed by atoms with van der Waals surface area (Å²) in [6, 6.07) is 3.97. The molecule has 0 fully saturated rings. The van der Waals surface area contributed by atoms with Crippen molar-refractivity contribution < 1.29 is 13.9 Å². The van der Waals surface area contributed by atoms with Gasteiger partial charge in [0.1, 0.15) is 5.82 Å². The third kappa shape index (κ3) is 2.25. The summed E-state index contributed by atoms with van der Waals surface area (Å²) in [6.07, 6.45) is 2.99. The number of halogens is 2. The number of carbonyl (C=O) groups excluding carboxylic acids is 1. The topological polar surface area (TPSA) is 26.3 Å². The van der Waals surface area contributed by atoms with Gasteiger partial charge in [-0.15, -0.1) is 0 Å². The fourth-order valence-electron chi connectivity index (χ4n) is 1.55.